The molecule has 2 fully saturated rings. The van der Waals surface area contributed by atoms with Crippen LogP contribution in [0.2, 0.25) is 5.02 Å². The van der Waals surface area contributed by atoms with Crippen molar-refractivity contribution in [3.8, 4) is 11.8 Å². The van der Waals surface area contributed by atoms with Crippen LogP contribution in [0.4, 0.5) is 4.39 Å². The summed E-state index contributed by atoms with van der Waals surface area (Å²) < 4.78 is 17.4. The smallest absolute Gasteiger partial charge is 0.310 e. The van der Waals surface area contributed by atoms with Crippen molar-refractivity contribution in [2.45, 2.75) is 37.3 Å². The molecule has 1 aromatic carbocycles. The first-order valence-corrected chi connectivity index (χ1v) is 8.64. The van der Waals surface area contributed by atoms with Gasteiger partial charge in [0.2, 0.25) is 0 Å². The van der Waals surface area contributed by atoms with E-state index in [1.807, 2.05) is 24.3 Å². The fourth-order valence-electron chi connectivity index (χ4n) is 4.26. The van der Waals surface area contributed by atoms with Crippen LogP contribution in [0.3, 0.4) is 0 Å². The van der Waals surface area contributed by atoms with Gasteiger partial charge in [-0.3, -0.25) is 9.69 Å². The van der Waals surface area contributed by atoms with E-state index in [0.29, 0.717) is 17.6 Å². The number of hydrogen-bond donors (Lipinski definition) is 0. The third-order valence-electron chi connectivity index (χ3n) is 5.29. The van der Waals surface area contributed by atoms with Crippen LogP contribution in [0.25, 0.3) is 0 Å². The summed E-state index contributed by atoms with van der Waals surface area (Å²) in [5, 5.41) is 0.690. The van der Waals surface area contributed by atoms with E-state index in [1.54, 1.807) is 0 Å². The molecule has 3 rings (SSSR count). The van der Waals surface area contributed by atoms with E-state index >= 15 is 0 Å². The summed E-state index contributed by atoms with van der Waals surface area (Å²) in [5.74, 6) is 5.08. The van der Waals surface area contributed by atoms with E-state index < -0.39 is 6.67 Å². The number of methoxy groups -OCH3 is 1. The highest BCUT2D eigenvalue weighted by Crippen LogP contribution is 2.47. The van der Waals surface area contributed by atoms with Crippen molar-refractivity contribution in [2.75, 3.05) is 20.3 Å². The lowest BCUT2D eigenvalue weighted by Crippen LogP contribution is -2.51. The third kappa shape index (κ3) is 3.29. The van der Waals surface area contributed by atoms with Crippen molar-refractivity contribution in [3.05, 3.63) is 34.9 Å². The predicted molar refractivity (Wildman–Crippen MR) is 91.6 cm³/mol. The van der Waals surface area contributed by atoms with Gasteiger partial charge in [-0.15, -0.1) is 0 Å². The summed E-state index contributed by atoms with van der Waals surface area (Å²) in [6.45, 7) is -0.114. The molecule has 24 heavy (non-hydrogen) atoms. The Morgan fingerprint density at radius 3 is 2.75 bits per heavy atom. The molecule has 2 aliphatic rings. The average molecular weight is 350 g/mol. The molecule has 4 atom stereocenters. The summed E-state index contributed by atoms with van der Waals surface area (Å²) in [5.41, 5.74) is 1.13. The molecule has 0 radical (unpaired) electrons. The van der Waals surface area contributed by atoms with Crippen LogP contribution in [0.5, 0.6) is 0 Å². The van der Waals surface area contributed by atoms with Crippen molar-refractivity contribution >= 4 is 17.6 Å². The Kier molecular flexibility index (Phi) is 5.43. The maximum atomic E-state index is 12.5. The van der Waals surface area contributed by atoms with E-state index in [9.17, 15) is 9.18 Å². The van der Waals surface area contributed by atoms with E-state index in [1.165, 1.54) is 7.11 Å². The number of halogens is 2. The van der Waals surface area contributed by atoms with Crippen molar-refractivity contribution in [1.82, 2.24) is 4.90 Å². The van der Waals surface area contributed by atoms with Gasteiger partial charge in [-0.25, -0.2) is 4.39 Å². The quantitative estimate of drug-likeness (QED) is 0.618. The van der Waals surface area contributed by atoms with Crippen LogP contribution in [0.1, 0.15) is 30.7 Å². The number of piperidine rings is 1. The van der Waals surface area contributed by atoms with Crippen molar-refractivity contribution in [1.29, 1.82) is 0 Å². The molecule has 128 valence electrons. The zero-order valence-electron chi connectivity index (χ0n) is 13.7. The van der Waals surface area contributed by atoms with Gasteiger partial charge in [0.1, 0.15) is 6.67 Å². The first kappa shape index (κ1) is 17.3. The van der Waals surface area contributed by atoms with E-state index in [4.69, 9.17) is 16.3 Å². The number of ether oxygens (including phenoxy) is 1. The lowest BCUT2D eigenvalue weighted by Gasteiger charge is -2.42. The molecule has 0 spiro atoms. The molecule has 0 N–H and O–H groups in total. The molecule has 3 nitrogen and oxygen atoms in total. The van der Waals surface area contributed by atoms with Crippen molar-refractivity contribution < 1.29 is 13.9 Å². The minimum atomic E-state index is -0.628. The van der Waals surface area contributed by atoms with Crippen LogP contribution < -0.4 is 0 Å². The predicted octanol–water partition coefficient (Wildman–Crippen LogP) is 3.42. The standard InChI is InChI=1S/C19H21ClFNO2/c1-24-19(23)18-16(13-4-6-14(20)7-5-13)12-15-8-9-17(18)22(15)11-3-2-10-21/h4-7,15-18H,8-12H2,1H3/t15-,16+,17+,18-/m0/s1. The second kappa shape index (κ2) is 7.55. The molecule has 1 aromatic rings. The SMILES string of the molecule is COC(=O)[C@H]1[C@@H](c2ccc(Cl)cc2)C[C@@H]2CC[C@H]1N2CC#CCF. The fourth-order valence-corrected chi connectivity index (χ4v) is 4.39. The molecule has 2 heterocycles. The van der Waals surface area contributed by atoms with Gasteiger partial charge in [-0.2, -0.15) is 0 Å². The maximum Gasteiger partial charge on any atom is 0.310 e. The summed E-state index contributed by atoms with van der Waals surface area (Å²) >= 11 is 5.99. The molecule has 2 bridgehead atoms. The first-order valence-electron chi connectivity index (χ1n) is 8.26. The Labute approximate surface area is 147 Å². The largest absolute Gasteiger partial charge is 0.469 e. The van der Waals surface area contributed by atoms with Gasteiger partial charge in [0.15, 0.2) is 0 Å². The molecular formula is C19H21ClFNO2. The number of nitrogens with zero attached hydrogens (tertiary/aromatic N) is 1. The van der Waals surface area contributed by atoms with Gasteiger partial charge < -0.3 is 4.74 Å². The summed E-state index contributed by atoms with van der Waals surface area (Å²) in [6, 6.07) is 8.22. The summed E-state index contributed by atoms with van der Waals surface area (Å²) in [4.78, 5) is 14.8. The normalized spacial score (nSPS) is 29.0. The molecule has 0 unspecified atom stereocenters. The van der Waals surface area contributed by atoms with Crippen LogP contribution in [0, 0.1) is 17.8 Å². The second-order valence-corrected chi connectivity index (χ2v) is 6.84. The number of rotatable bonds is 3. The molecule has 0 amide bonds. The highest BCUT2D eigenvalue weighted by molar-refractivity contribution is 6.30. The molecule has 0 aliphatic carbocycles. The number of carbonyl (C=O) groups excluding carboxylic acids is 1. The molecule has 5 heteroatoms. The van der Waals surface area contributed by atoms with Gasteiger partial charge in [0.05, 0.1) is 19.6 Å². The Hall–Kier alpha value is -1.57. The van der Waals surface area contributed by atoms with E-state index in [0.717, 1.165) is 24.8 Å². The number of esters is 1. The van der Waals surface area contributed by atoms with Gasteiger partial charge in [-0.05, 0) is 37.0 Å². The highest BCUT2D eigenvalue weighted by atomic mass is 35.5. The first-order chi connectivity index (χ1) is 11.7. The summed E-state index contributed by atoms with van der Waals surface area (Å²) in [7, 11) is 1.44. The number of carbonyl (C=O) groups is 1. The van der Waals surface area contributed by atoms with Crippen molar-refractivity contribution in [2.24, 2.45) is 5.92 Å². The van der Waals surface area contributed by atoms with E-state index in [-0.39, 0.29) is 23.8 Å². The zero-order chi connectivity index (χ0) is 17.1. The van der Waals surface area contributed by atoms with Crippen LogP contribution in [-0.4, -0.2) is 43.3 Å². The minimum absolute atomic E-state index is 0.103. The van der Waals surface area contributed by atoms with Crippen LogP contribution in [-0.2, 0) is 9.53 Å². The average Bonchev–Trinajstić information content (AvgIpc) is 2.87. The fraction of sp³-hybridized carbons (Fsp3) is 0.526. The number of fused-ring (bicyclic) bond motifs is 2. The summed E-state index contributed by atoms with van der Waals surface area (Å²) in [6.07, 6.45) is 2.88. The minimum Gasteiger partial charge on any atom is -0.469 e. The topological polar surface area (TPSA) is 29.5 Å². The number of alkyl halides is 1. The van der Waals surface area contributed by atoms with Crippen molar-refractivity contribution in [3.63, 3.8) is 0 Å². The lowest BCUT2D eigenvalue weighted by molar-refractivity contribution is -0.150. The van der Waals surface area contributed by atoms with Crippen LogP contribution >= 0.6 is 11.6 Å². The third-order valence-corrected chi connectivity index (χ3v) is 5.54. The highest BCUT2D eigenvalue weighted by Gasteiger charge is 2.50. The molecule has 2 saturated heterocycles. The Morgan fingerprint density at radius 1 is 1.33 bits per heavy atom. The molecule has 2 aliphatic heterocycles. The van der Waals surface area contributed by atoms with Gasteiger partial charge in [0, 0.05) is 23.0 Å². The van der Waals surface area contributed by atoms with Crippen LogP contribution in [0.15, 0.2) is 24.3 Å². The Bertz CT molecular complexity index is 652. The molecule has 0 aromatic heterocycles. The molecule has 0 saturated carbocycles. The number of hydrogen-bond acceptors (Lipinski definition) is 3. The maximum absolute atomic E-state index is 12.5. The Balaban J connectivity index is 1.89. The monoisotopic (exact) mass is 349 g/mol. The van der Waals surface area contributed by atoms with Gasteiger partial charge >= 0.3 is 5.97 Å². The molecular weight excluding hydrogens is 329 g/mol. The van der Waals surface area contributed by atoms with Gasteiger partial charge in [0.25, 0.3) is 0 Å². The number of benzene rings is 1. The van der Waals surface area contributed by atoms with Gasteiger partial charge in [-0.1, -0.05) is 35.6 Å². The lowest BCUT2D eigenvalue weighted by atomic mass is 9.76. The second-order valence-electron chi connectivity index (χ2n) is 6.40. The Morgan fingerprint density at radius 2 is 2.08 bits per heavy atom. The van der Waals surface area contributed by atoms with E-state index in [2.05, 4.69) is 16.7 Å². The zero-order valence-corrected chi connectivity index (χ0v) is 14.4.